The van der Waals surface area contributed by atoms with E-state index in [1.807, 2.05) is 0 Å². The first-order valence-corrected chi connectivity index (χ1v) is 4.15. The van der Waals surface area contributed by atoms with E-state index in [-0.39, 0.29) is 0 Å². The molecule has 70 valence electrons. The van der Waals surface area contributed by atoms with Gasteiger partial charge in [0, 0.05) is 18.3 Å². The molecular weight excluding hydrogens is 164 g/mol. The molecule has 0 aliphatic carbocycles. The number of nitrogens with one attached hydrogen (secondary N) is 1. The van der Waals surface area contributed by atoms with Crippen molar-refractivity contribution in [3.05, 3.63) is 24.7 Å². The summed E-state index contributed by atoms with van der Waals surface area (Å²) in [5, 5.41) is 3.07. The second-order valence-corrected chi connectivity index (χ2v) is 2.99. The lowest BCUT2D eigenvalue weighted by Gasteiger charge is -2.03. The molecule has 0 saturated carbocycles. The van der Waals surface area contributed by atoms with Crippen LogP contribution in [0.25, 0.3) is 0 Å². The van der Waals surface area contributed by atoms with E-state index in [1.54, 1.807) is 0 Å². The zero-order valence-electron chi connectivity index (χ0n) is 7.91. The summed E-state index contributed by atoms with van der Waals surface area (Å²) in [5.41, 5.74) is 6.06. The van der Waals surface area contributed by atoms with Crippen LogP contribution in [-0.2, 0) is 0 Å². The summed E-state index contributed by atoms with van der Waals surface area (Å²) in [6.45, 7) is 7.62. The Labute approximate surface area is 78.0 Å². The Bertz CT molecular complexity index is 297. The van der Waals surface area contributed by atoms with Crippen LogP contribution in [0.4, 0.5) is 0 Å². The summed E-state index contributed by atoms with van der Waals surface area (Å²) < 4.78 is 0. The molecule has 0 radical (unpaired) electrons. The molecule has 0 saturated heterocycles. The fourth-order valence-electron chi connectivity index (χ4n) is 0.975. The third-order valence-electron chi connectivity index (χ3n) is 1.66. The number of hydrogen-bond donors (Lipinski definition) is 2. The zero-order valence-corrected chi connectivity index (χ0v) is 7.91. The summed E-state index contributed by atoms with van der Waals surface area (Å²) in [7, 11) is 0. The highest BCUT2D eigenvalue weighted by molar-refractivity contribution is 6.15. The number of nitrogens with zero attached hydrogens (tertiary/aromatic N) is 2. The van der Waals surface area contributed by atoms with Gasteiger partial charge in [-0.1, -0.05) is 20.4 Å². The highest BCUT2D eigenvalue weighted by atomic mass is 15.2. The van der Waals surface area contributed by atoms with Gasteiger partial charge in [-0.3, -0.25) is 0 Å². The molecule has 0 bridgehead atoms. The predicted octanol–water partition coefficient (Wildman–Crippen LogP) is 0.986. The molecule has 13 heavy (non-hydrogen) atoms. The summed E-state index contributed by atoms with van der Waals surface area (Å²) in [6.07, 6.45) is 2.90. The summed E-state index contributed by atoms with van der Waals surface area (Å²) in [5.74, 6) is 1.89. The van der Waals surface area contributed by atoms with E-state index in [4.69, 9.17) is 5.73 Å². The molecule has 0 fully saturated rings. The highest BCUT2D eigenvalue weighted by Crippen LogP contribution is 2.10. The van der Waals surface area contributed by atoms with E-state index in [2.05, 4.69) is 35.7 Å². The number of amidine groups is 2. The monoisotopic (exact) mass is 178 g/mol. The topological polar surface area (TPSA) is 62.8 Å². The maximum atomic E-state index is 5.39. The maximum absolute atomic E-state index is 5.39. The standard InChI is InChI=1S/C9H14N4/c1-4-11-9-7(5-10)12-8(13-9)6(2)3/h4-6H,1,10H2,2-3H3,(H,11,12,13)/b7-5+. The van der Waals surface area contributed by atoms with E-state index in [9.17, 15) is 0 Å². The van der Waals surface area contributed by atoms with Gasteiger partial charge in [-0.05, 0) is 0 Å². The van der Waals surface area contributed by atoms with Crippen LogP contribution in [0.3, 0.4) is 0 Å². The molecule has 0 aromatic carbocycles. The summed E-state index contributed by atoms with van der Waals surface area (Å²) in [6, 6.07) is 0. The predicted molar refractivity (Wildman–Crippen MR) is 55.3 cm³/mol. The first-order valence-electron chi connectivity index (χ1n) is 4.15. The molecule has 0 spiro atoms. The minimum absolute atomic E-state index is 0.340. The average Bonchev–Trinajstić information content (AvgIpc) is 2.48. The molecule has 4 nitrogen and oxygen atoms in total. The van der Waals surface area contributed by atoms with Gasteiger partial charge < -0.3 is 11.1 Å². The molecule has 0 amide bonds. The van der Waals surface area contributed by atoms with Crippen molar-refractivity contribution in [2.24, 2.45) is 21.6 Å². The van der Waals surface area contributed by atoms with E-state index < -0.39 is 0 Å². The first-order chi connectivity index (χ1) is 6.19. The molecule has 0 atom stereocenters. The minimum Gasteiger partial charge on any atom is -0.403 e. The molecular formula is C9H14N4. The molecule has 0 unspecified atom stereocenters. The van der Waals surface area contributed by atoms with Crippen LogP contribution < -0.4 is 11.1 Å². The second kappa shape index (κ2) is 3.89. The van der Waals surface area contributed by atoms with Crippen molar-refractivity contribution in [2.75, 3.05) is 0 Å². The van der Waals surface area contributed by atoms with Crippen LogP contribution in [0.1, 0.15) is 13.8 Å². The normalized spacial score (nSPS) is 22.2. The van der Waals surface area contributed by atoms with Gasteiger partial charge >= 0.3 is 0 Å². The lowest BCUT2D eigenvalue weighted by atomic mass is 10.2. The number of hydrogen-bond acceptors (Lipinski definition) is 3. The van der Waals surface area contributed by atoms with Crippen LogP contribution in [0, 0.1) is 5.92 Å². The van der Waals surface area contributed by atoms with Crippen molar-refractivity contribution >= 4 is 11.7 Å². The molecule has 1 rings (SSSR count). The summed E-state index contributed by atoms with van der Waals surface area (Å²) in [4.78, 5) is 8.28. The van der Waals surface area contributed by atoms with Gasteiger partial charge in [0.25, 0.3) is 0 Å². The van der Waals surface area contributed by atoms with Gasteiger partial charge in [0.2, 0.25) is 0 Å². The van der Waals surface area contributed by atoms with Gasteiger partial charge in [-0.15, -0.1) is 0 Å². The van der Waals surface area contributed by atoms with Gasteiger partial charge in [0.15, 0.2) is 5.84 Å². The molecule has 4 heteroatoms. The molecule has 1 aliphatic heterocycles. The molecule has 0 aromatic rings. The Balaban J connectivity index is 2.92. The molecule has 3 N–H and O–H groups in total. The summed E-state index contributed by atoms with van der Waals surface area (Å²) >= 11 is 0. The Morgan fingerprint density at radius 1 is 1.62 bits per heavy atom. The van der Waals surface area contributed by atoms with Gasteiger partial charge in [-0.25, -0.2) is 9.98 Å². The van der Waals surface area contributed by atoms with Crippen molar-refractivity contribution in [3.63, 3.8) is 0 Å². The van der Waals surface area contributed by atoms with E-state index in [1.165, 1.54) is 12.4 Å². The quantitative estimate of drug-likeness (QED) is 0.662. The fourth-order valence-corrected chi connectivity index (χ4v) is 0.975. The third kappa shape index (κ3) is 1.96. The van der Waals surface area contributed by atoms with Crippen molar-refractivity contribution in [1.82, 2.24) is 5.32 Å². The van der Waals surface area contributed by atoms with Gasteiger partial charge in [0.1, 0.15) is 11.5 Å². The zero-order chi connectivity index (χ0) is 9.84. The second-order valence-electron chi connectivity index (χ2n) is 2.99. The van der Waals surface area contributed by atoms with E-state index in [0.29, 0.717) is 17.5 Å². The van der Waals surface area contributed by atoms with Crippen molar-refractivity contribution in [3.8, 4) is 0 Å². The van der Waals surface area contributed by atoms with Crippen LogP contribution in [0.15, 0.2) is 34.7 Å². The van der Waals surface area contributed by atoms with Gasteiger partial charge in [0.05, 0.1) is 0 Å². The lowest BCUT2D eigenvalue weighted by Crippen LogP contribution is -2.28. The Kier molecular flexibility index (Phi) is 2.84. The highest BCUT2D eigenvalue weighted by Gasteiger charge is 2.18. The van der Waals surface area contributed by atoms with Crippen LogP contribution in [0.2, 0.25) is 0 Å². The van der Waals surface area contributed by atoms with E-state index >= 15 is 0 Å². The van der Waals surface area contributed by atoms with Crippen LogP contribution in [-0.4, -0.2) is 11.7 Å². The molecule has 0 aromatic heterocycles. The van der Waals surface area contributed by atoms with E-state index in [0.717, 1.165) is 5.84 Å². The fraction of sp³-hybridized carbons (Fsp3) is 0.333. The molecule has 1 aliphatic rings. The maximum Gasteiger partial charge on any atom is 0.158 e. The van der Waals surface area contributed by atoms with Crippen molar-refractivity contribution in [1.29, 1.82) is 0 Å². The SMILES string of the molecule is C=C/N=C1/NC(C(C)C)=N/C1=C/N. The van der Waals surface area contributed by atoms with Gasteiger partial charge in [-0.2, -0.15) is 0 Å². The largest absolute Gasteiger partial charge is 0.403 e. The number of nitrogens with two attached hydrogens (primary N) is 1. The Morgan fingerprint density at radius 2 is 2.31 bits per heavy atom. The Morgan fingerprint density at radius 3 is 2.77 bits per heavy atom. The number of rotatable bonds is 2. The number of aliphatic imine (C=N–C) groups is 2. The van der Waals surface area contributed by atoms with Crippen molar-refractivity contribution in [2.45, 2.75) is 13.8 Å². The first kappa shape index (κ1) is 9.51. The average molecular weight is 178 g/mol. The van der Waals surface area contributed by atoms with Crippen LogP contribution >= 0.6 is 0 Å². The Hall–Kier alpha value is -1.58. The lowest BCUT2D eigenvalue weighted by molar-refractivity contribution is 0.863. The third-order valence-corrected chi connectivity index (χ3v) is 1.66. The minimum atomic E-state index is 0.340. The molecule has 1 heterocycles. The van der Waals surface area contributed by atoms with Crippen molar-refractivity contribution < 1.29 is 0 Å². The van der Waals surface area contributed by atoms with Crippen LogP contribution in [0.5, 0.6) is 0 Å². The smallest absolute Gasteiger partial charge is 0.158 e.